The van der Waals surface area contributed by atoms with Crippen molar-refractivity contribution in [3.63, 3.8) is 0 Å². The van der Waals surface area contributed by atoms with E-state index in [0.29, 0.717) is 0 Å². The molecule has 0 amide bonds. The van der Waals surface area contributed by atoms with Crippen LogP contribution in [0.3, 0.4) is 0 Å². The molecule has 0 N–H and O–H groups in total. The van der Waals surface area contributed by atoms with Crippen LogP contribution in [0.25, 0.3) is 0 Å². The van der Waals surface area contributed by atoms with E-state index in [2.05, 4.69) is 4.90 Å². The number of piperidine rings is 1. The Labute approximate surface area is 94.0 Å². The molecule has 2 rings (SSSR count). The SMILES string of the molecule is COCCC1CCN(C2CCCC2)CC1. The summed E-state index contributed by atoms with van der Waals surface area (Å²) in [5.41, 5.74) is 0. The third-order valence-corrected chi connectivity index (χ3v) is 4.22. The highest BCUT2D eigenvalue weighted by Crippen LogP contribution is 2.28. The lowest BCUT2D eigenvalue weighted by Gasteiger charge is -2.36. The normalized spacial score (nSPS) is 26.2. The first-order valence-corrected chi connectivity index (χ1v) is 6.63. The van der Waals surface area contributed by atoms with Crippen molar-refractivity contribution in [2.24, 2.45) is 5.92 Å². The van der Waals surface area contributed by atoms with E-state index >= 15 is 0 Å². The van der Waals surface area contributed by atoms with Crippen molar-refractivity contribution < 1.29 is 4.74 Å². The molecule has 0 unspecified atom stereocenters. The number of ether oxygens (including phenoxy) is 1. The van der Waals surface area contributed by atoms with Crippen molar-refractivity contribution in [3.8, 4) is 0 Å². The van der Waals surface area contributed by atoms with Crippen molar-refractivity contribution in [1.82, 2.24) is 4.90 Å². The van der Waals surface area contributed by atoms with Crippen LogP contribution in [0, 0.1) is 5.92 Å². The lowest BCUT2D eigenvalue weighted by Crippen LogP contribution is -2.40. The van der Waals surface area contributed by atoms with Crippen LogP contribution in [0.15, 0.2) is 0 Å². The number of hydrogen-bond acceptors (Lipinski definition) is 2. The maximum absolute atomic E-state index is 5.16. The molecule has 0 aromatic carbocycles. The summed E-state index contributed by atoms with van der Waals surface area (Å²) in [5, 5.41) is 0. The fourth-order valence-corrected chi connectivity index (χ4v) is 3.16. The third-order valence-electron chi connectivity index (χ3n) is 4.22. The maximum Gasteiger partial charge on any atom is 0.0464 e. The van der Waals surface area contributed by atoms with Crippen molar-refractivity contribution in [3.05, 3.63) is 0 Å². The summed E-state index contributed by atoms with van der Waals surface area (Å²) in [7, 11) is 1.81. The fourth-order valence-electron chi connectivity index (χ4n) is 3.16. The predicted octanol–water partition coefficient (Wildman–Crippen LogP) is 2.68. The molecular weight excluding hydrogens is 186 g/mol. The number of rotatable bonds is 4. The number of nitrogens with zero attached hydrogens (tertiary/aromatic N) is 1. The van der Waals surface area contributed by atoms with Gasteiger partial charge in [-0.3, -0.25) is 0 Å². The first kappa shape index (κ1) is 11.4. The van der Waals surface area contributed by atoms with Gasteiger partial charge in [0.2, 0.25) is 0 Å². The number of hydrogen-bond donors (Lipinski definition) is 0. The Morgan fingerprint density at radius 1 is 1.07 bits per heavy atom. The Bertz CT molecular complexity index is 169. The van der Waals surface area contributed by atoms with Gasteiger partial charge in [0.05, 0.1) is 0 Å². The van der Waals surface area contributed by atoms with Gasteiger partial charge in [-0.15, -0.1) is 0 Å². The Morgan fingerprint density at radius 3 is 2.33 bits per heavy atom. The summed E-state index contributed by atoms with van der Waals surface area (Å²) in [6.07, 6.45) is 9.93. The molecule has 0 aromatic heterocycles. The van der Waals surface area contributed by atoms with Gasteiger partial charge in [0.1, 0.15) is 0 Å². The molecule has 1 aliphatic heterocycles. The summed E-state index contributed by atoms with van der Waals surface area (Å²) >= 11 is 0. The smallest absolute Gasteiger partial charge is 0.0464 e. The molecule has 2 nitrogen and oxygen atoms in total. The average molecular weight is 211 g/mol. The molecule has 0 atom stereocenters. The van der Waals surface area contributed by atoms with E-state index in [4.69, 9.17) is 4.74 Å². The Balaban J connectivity index is 1.67. The van der Waals surface area contributed by atoms with Crippen LogP contribution in [0.5, 0.6) is 0 Å². The van der Waals surface area contributed by atoms with Crippen LogP contribution >= 0.6 is 0 Å². The van der Waals surface area contributed by atoms with E-state index in [1.807, 2.05) is 7.11 Å². The van der Waals surface area contributed by atoms with Gasteiger partial charge in [0.25, 0.3) is 0 Å². The lowest BCUT2D eigenvalue weighted by atomic mass is 9.93. The van der Waals surface area contributed by atoms with E-state index in [9.17, 15) is 0 Å². The Hall–Kier alpha value is -0.0800. The highest BCUT2D eigenvalue weighted by atomic mass is 16.5. The molecule has 15 heavy (non-hydrogen) atoms. The molecule has 1 saturated carbocycles. The van der Waals surface area contributed by atoms with Crippen molar-refractivity contribution in [1.29, 1.82) is 0 Å². The molecule has 1 heterocycles. The van der Waals surface area contributed by atoms with Crippen LogP contribution in [-0.4, -0.2) is 37.7 Å². The fraction of sp³-hybridized carbons (Fsp3) is 1.00. The van der Waals surface area contributed by atoms with Gasteiger partial charge in [-0.2, -0.15) is 0 Å². The summed E-state index contributed by atoms with van der Waals surface area (Å²) < 4.78 is 5.16. The first-order chi connectivity index (χ1) is 7.40. The van der Waals surface area contributed by atoms with E-state index < -0.39 is 0 Å². The monoisotopic (exact) mass is 211 g/mol. The van der Waals surface area contributed by atoms with Gasteiger partial charge >= 0.3 is 0 Å². The van der Waals surface area contributed by atoms with E-state index in [-0.39, 0.29) is 0 Å². The highest BCUT2D eigenvalue weighted by molar-refractivity contribution is 4.81. The van der Waals surface area contributed by atoms with Crippen LogP contribution in [0.4, 0.5) is 0 Å². The van der Waals surface area contributed by atoms with E-state index in [1.165, 1.54) is 58.0 Å². The molecule has 0 bridgehead atoms. The lowest BCUT2D eigenvalue weighted by molar-refractivity contribution is 0.110. The standard InChI is InChI=1S/C13H25NO/c1-15-11-8-12-6-9-14(10-7-12)13-4-2-3-5-13/h12-13H,2-11H2,1H3. The molecular formula is C13H25NO. The minimum Gasteiger partial charge on any atom is -0.385 e. The zero-order chi connectivity index (χ0) is 10.5. The van der Waals surface area contributed by atoms with Gasteiger partial charge in [0.15, 0.2) is 0 Å². The molecule has 0 aromatic rings. The van der Waals surface area contributed by atoms with Crippen LogP contribution in [-0.2, 0) is 4.74 Å². The summed E-state index contributed by atoms with van der Waals surface area (Å²) in [6.45, 7) is 3.65. The molecule has 1 aliphatic carbocycles. The molecule has 0 radical (unpaired) electrons. The topological polar surface area (TPSA) is 12.5 Å². The minimum absolute atomic E-state index is 0.933. The van der Waals surface area contributed by atoms with Gasteiger partial charge in [-0.05, 0) is 51.1 Å². The van der Waals surface area contributed by atoms with Gasteiger partial charge in [-0.1, -0.05) is 12.8 Å². The van der Waals surface area contributed by atoms with Crippen molar-refractivity contribution in [2.45, 2.75) is 51.0 Å². The molecule has 2 fully saturated rings. The number of methoxy groups -OCH3 is 1. The second kappa shape index (κ2) is 5.86. The molecule has 0 spiro atoms. The average Bonchev–Trinajstić information content (AvgIpc) is 2.80. The second-order valence-electron chi connectivity index (χ2n) is 5.20. The highest BCUT2D eigenvalue weighted by Gasteiger charge is 2.26. The molecule has 1 saturated heterocycles. The van der Waals surface area contributed by atoms with Crippen LogP contribution in [0.1, 0.15) is 44.9 Å². The zero-order valence-corrected chi connectivity index (χ0v) is 10.1. The maximum atomic E-state index is 5.16. The quantitative estimate of drug-likeness (QED) is 0.709. The van der Waals surface area contributed by atoms with Gasteiger partial charge < -0.3 is 9.64 Å². The van der Waals surface area contributed by atoms with E-state index in [0.717, 1.165) is 18.6 Å². The molecule has 2 heteroatoms. The zero-order valence-electron chi connectivity index (χ0n) is 10.1. The predicted molar refractivity (Wildman–Crippen MR) is 63.0 cm³/mol. The third kappa shape index (κ3) is 3.18. The Kier molecular flexibility index (Phi) is 4.45. The van der Waals surface area contributed by atoms with Gasteiger partial charge in [0, 0.05) is 19.8 Å². The van der Waals surface area contributed by atoms with Crippen molar-refractivity contribution >= 4 is 0 Å². The molecule has 2 aliphatic rings. The summed E-state index contributed by atoms with van der Waals surface area (Å²) in [5.74, 6) is 0.933. The first-order valence-electron chi connectivity index (χ1n) is 6.63. The van der Waals surface area contributed by atoms with Crippen molar-refractivity contribution in [2.75, 3.05) is 26.8 Å². The number of likely N-dealkylation sites (tertiary alicyclic amines) is 1. The van der Waals surface area contributed by atoms with E-state index in [1.54, 1.807) is 0 Å². The summed E-state index contributed by atoms with van der Waals surface area (Å²) in [4.78, 5) is 2.75. The molecule has 88 valence electrons. The largest absolute Gasteiger partial charge is 0.385 e. The second-order valence-corrected chi connectivity index (χ2v) is 5.20. The minimum atomic E-state index is 0.933. The van der Waals surface area contributed by atoms with Crippen LogP contribution < -0.4 is 0 Å². The van der Waals surface area contributed by atoms with Crippen LogP contribution in [0.2, 0.25) is 0 Å². The van der Waals surface area contributed by atoms with Gasteiger partial charge in [-0.25, -0.2) is 0 Å². The summed E-state index contributed by atoms with van der Waals surface area (Å²) in [6, 6.07) is 0.938. The Morgan fingerprint density at radius 2 is 1.73 bits per heavy atom.